The standard InChI is InChI=1S/C20H24N2O4/c1-24-19-10-3-2-9-18(19)22-20(23)13-21-15-6-4-7-16(12-15)26-14-17-8-5-11-25-17/h2-4,6-7,9-10,12,17,21H,5,8,11,13-14H2,1H3,(H,22,23). The molecule has 1 aliphatic rings. The van der Waals surface area contributed by atoms with Crippen molar-refractivity contribution in [2.45, 2.75) is 18.9 Å². The molecule has 0 bridgehead atoms. The molecule has 0 saturated carbocycles. The Morgan fingerprint density at radius 1 is 1.23 bits per heavy atom. The summed E-state index contributed by atoms with van der Waals surface area (Å²) in [5.41, 5.74) is 1.47. The van der Waals surface area contributed by atoms with E-state index in [0.717, 1.165) is 30.9 Å². The Labute approximate surface area is 153 Å². The van der Waals surface area contributed by atoms with Gasteiger partial charge in [-0.3, -0.25) is 4.79 Å². The molecular formula is C20H24N2O4. The fourth-order valence-electron chi connectivity index (χ4n) is 2.79. The second-order valence-electron chi connectivity index (χ2n) is 6.08. The number of anilines is 2. The van der Waals surface area contributed by atoms with Crippen LogP contribution >= 0.6 is 0 Å². The summed E-state index contributed by atoms with van der Waals surface area (Å²) >= 11 is 0. The average molecular weight is 356 g/mol. The lowest BCUT2D eigenvalue weighted by atomic mass is 10.2. The van der Waals surface area contributed by atoms with Gasteiger partial charge < -0.3 is 24.8 Å². The number of para-hydroxylation sites is 2. The topological polar surface area (TPSA) is 68.8 Å². The highest BCUT2D eigenvalue weighted by Gasteiger charge is 2.16. The van der Waals surface area contributed by atoms with E-state index in [2.05, 4.69) is 10.6 Å². The molecule has 1 amide bonds. The molecule has 2 aromatic rings. The number of benzene rings is 2. The van der Waals surface area contributed by atoms with Gasteiger partial charge in [0, 0.05) is 18.4 Å². The van der Waals surface area contributed by atoms with Crippen molar-refractivity contribution in [1.82, 2.24) is 0 Å². The number of nitrogens with one attached hydrogen (secondary N) is 2. The van der Waals surface area contributed by atoms with E-state index in [1.165, 1.54) is 0 Å². The monoisotopic (exact) mass is 356 g/mol. The van der Waals surface area contributed by atoms with Gasteiger partial charge in [-0.05, 0) is 37.1 Å². The molecule has 6 heteroatoms. The first-order chi connectivity index (χ1) is 12.7. The summed E-state index contributed by atoms with van der Waals surface area (Å²) in [7, 11) is 1.57. The number of hydrogen-bond acceptors (Lipinski definition) is 5. The van der Waals surface area contributed by atoms with Gasteiger partial charge in [-0.1, -0.05) is 18.2 Å². The zero-order valence-corrected chi connectivity index (χ0v) is 14.9. The zero-order valence-electron chi connectivity index (χ0n) is 14.9. The van der Waals surface area contributed by atoms with E-state index < -0.39 is 0 Å². The Kier molecular flexibility index (Phi) is 6.33. The number of amides is 1. The number of hydrogen-bond donors (Lipinski definition) is 2. The Morgan fingerprint density at radius 3 is 2.92 bits per heavy atom. The molecular weight excluding hydrogens is 332 g/mol. The third-order valence-electron chi connectivity index (χ3n) is 4.13. The molecule has 138 valence electrons. The van der Waals surface area contributed by atoms with Gasteiger partial charge >= 0.3 is 0 Å². The fraction of sp³-hybridized carbons (Fsp3) is 0.350. The highest BCUT2D eigenvalue weighted by Crippen LogP contribution is 2.23. The van der Waals surface area contributed by atoms with Gasteiger partial charge in [-0.2, -0.15) is 0 Å². The second kappa shape index (κ2) is 9.10. The van der Waals surface area contributed by atoms with E-state index in [0.29, 0.717) is 18.0 Å². The maximum Gasteiger partial charge on any atom is 0.243 e. The van der Waals surface area contributed by atoms with Crippen LogP contribution in [0, 0.1) is 0 Å². The predicted octanol–water partition coefficient (Wildman–Crippen LogP) is 3.30. The lowest BCUT2D eigenvalue weighted by molar-refractivity contribution is -0.114. The third-order valence-corrected chi connectivity index (χ3v) is 4.13. The predicted molar refractivity (Wildman–Crippen MR) is 101 cm³/mol. The number of carbonyl (C=O) groups excluding carboxylic acids is 1. The van der Waals surface area contributed by atoms with Crippen molar-refractivity contribution in [2.75, 3.05) is 37.5 Å². The maximum absolute atomic E-state index is 12.2. The summed E-state index contributed by atoms with van der Waals surface area (Å²) in [6.07, 6.45) is 2.32. The Morgan fingerprint density at radius 2 is 2.12 bits per heavy atom. The lowest BCUT2D eigenvalue weighted by Crippen LogP contribution is -2.22. The van der Waals surface area contributed by atoms with Crippen molar-refractivity contribution in [3.63, 3.8) is 0 Å². The van der Waals surface area contributed by atoms with Gasteiger partial charge in [-0.25, -0.2) is 0 Å². The molecule has 2 aromatic carbocycles. The molecule has 1 aliphatic heterocycles. The van der Waals surface area contributed by atoms with Crippen LogP contribution in [0.1, 0.15) is 12.8 Å². The molecule has 6 nitrogen and oxygen atoms in total. The quantitative estimate of drug-likeness (QED) is 0.759. The van der Waals surface area contributed by atoms with Gasteiger partial charge in [0.05, 0.1) is 25.4 Å². The molecule has 3 rings (SSSR count). The van der Waals surface area contributed by atoms with Gasteiger partial charge in [0.25, 0.3) is 0 Å². The summed E-state index contributed by atoms with van der Waals surface area (Å²) in [4.78, 5) is 12.2. The summed E-state index contributed by atoms with van der Waals surface area (Å²) in [6.45, 7) is 1.52. The normalized spacial score (nSPS) is 16.1. The average Bonchev–Trinajstić information content (AvgIpc) is 3.19. The number of rotatable bonds is 8. The van der Waals surface area contributed by atoms with E-state index in [-0.39, 0.29) is 18.6 Å². The van der Waals surface area contributed by atoms with Crippen LogP contribution in [-0.2, 0) is 9.53 Å². The van der Waals surface area contributed by atoms with Crippen LogP contribution in [0.25, 0.3) is 0 Å². The first kappa shape index (κ1) is 18.1. The van der Waals surface area contributed by atoms with Crippen molar-refractivity contribution in [3.05, 3.63) is 48.5 Å². The van der Waals surface area contributed by atoms with E-state index in [9.17, 15) is 4.79 Å². The molecule has 1 heterocycles. The molecule has 0 aromatic heterocycles. The molecule has 0 aliphatic carbocycles. The van der Waals surface area contributed by atoms with Gasteiger partial charge in [0.2, 0.25) is 5.91 Å². The molecule has 1 fully saturated rings. The fourth-order valence-corrected chi connectivity index (χ4v) is 2.79. The maximum atomic E-state index is 12.2. The largest absolute Gasteiger partial charge is 0.495 e. The van der Waals surface area contributed by atoms with Crippen LogP contribution in [0.3, 0.4) is 0 Å². The Balaban J connectivity index is 1.49. The molecule has 1 atom stereocenters. The van der Waals surface area contributed by atoms with Crippen molar-refractivity contribution >= 4 is 17.3 Å². The SMILES string of the molecule is COc1ccccc1NC(=O)CNc1cccc(OCC2CCCO2)c1. The first-order valence-corrected chi connectivity index (χ1v) is 8.76. The van der Waals surface area contributed by atoms with Crippen LogP contribution in [0.15, 0.2) is 48.5 Å². The van der Waals surface area contributed by atoms with Crippen LogP contribution in [0.4, 0.5) is 11.4 Å². The molecule has 2 N–H and O–H groups in total. The van der Waals surface area contributed by atoms with Crippen LogP contribution in [0.2, 0.25) is 0 Å². The smallest absolute Gasteiger partial charge is 0.243 e. The van der Waals surface area contributed by atoms with E-state index >= 15 is 0 Å². The van der Waals surface area contributed by atoms with Crippen molar-refractivity contribution in [3.8, 4) is 11.5 Å². The summed E-state index contributed by atoms with van der Waals surface area (Å²) in [5.74, 6) is 1.24. The van der Waals surface area contributed by atoms with Crippen LogP contribution in [0.5, 0.6) is 11.5 Å². The van der Waals surface area contributed by atoms with Crippen LogP contribution < -0.4 is 20.1 Å². The van der Waals surface area contributed by atoms with Crippen molar-refractivity contribution < 1.29 is 19.0 Å². The number of carbonyl (C=O) groups is 1. The van der Waals surface area contributed by atoms with E-state index in [1.54, 1.807) is 19.2 Å². The highest BCUT2D eigenvalue weighted by atomic mass is 16.5. The lowest BCUT2D eigenvalue weighted by Gasteiger charge is -2.13. The minimum atomic E-state index is -0.153. The number of ether oxygens (including phenoxy) is 3. The summed E-state index contributed by atoms with van der Waals surface area (Å²) in [5, 5.41) is 5.94. The molecule has 26 heavy (non-hydrogen) atoms. The molecule has 1 unspecified atom stereocenters. The minimum absolute atomic E-state index is 0.146. The van der Waals surface area contributed by atoms with Crippen molar-refractivity contribution in [2.24, 2.45) is 0 Å². The van der Waals surface area contributed by atoms with Crippen LogP contribution in [-0.4, -0.2) is 38.9 Å². The summed E-state index contributed by atoms with van der Waals surface area (Å²) in [6, 6.07) is 14.9. The van der Waals surface area contributed by atoms with Crippen molar-refractivity contribution in [1.29, 1.82) is 0 Å². The van der Waals surface area contributed by atoms with Gasteiger partial charge in [0.1, 0.15) is 18.1 Å². The second-order valence-corrected chi connectivity index (χ2v) is 6.08. The molecule has 0 radical (unpaired) electrons. The first-order valence-electron chi connectivity index (χ1n) is 8.76. The third kappa shape index (κ3) is 5.13. The van der Waals surface area contributed by atoms with E-state index in [4.69, 9.17) is 14.2 Å². The zero-order chi connectivity index (χ0) is 18.2. The minimum Gasteiger partial charge on any atom is -0.495 e. The molecule has 0 spiro atoms. The van der Waals surface area contributed by atoms with Gasteiger partial charge in [0.15, 0.2) is 0 Å². The van der Waals surface area contributed by atoms with Gasteiger partial charge in [-0.15, -0.1) is 0 Å². The Bertz CT molecular complexity index is 729. The highest BCUT2D eigenvalue weighted by molar-refractivity contribution is 5.95. The Hall–Kier alpha value is -2.73. The molecule has 1 saturated heterocycles. The van der Waals surface area contributed by atoms with E-state index in [1.807, 2.05) is 36.4 Å². The summed E-state index contributed by atoms with van der Waals surface area (Å²) < 4.78 is 16.6. The number of methoxy groups -OCH3 is 1.